The van der Waals surface area contributed by atoms with E-state index in [0.717, 1.165) is 52.8 Å². The van der Waals surface area contributed by atoms with E-state index in [0.29, 0.717) is 13.2 Å². The van der Waals surface area contributed by atoms with Crippen molar-refractivity contribution in [2.75, 3.05) is 36.5 Å². The van der Waals surface area contributed by atoms with Crippen LogP contribution in [-0.2, 0) is 9.53 Å². The molecule has 2 fully saturated rings. The second-order valence-corrected chi connectivity index (χ2v) is 8.09. The first-order valence-corrected chi connectivity index (χ1v) is 9.32. The van der Waals surface area contributed by atoms with Crippen molar-refractivity contribution in [3.05, 3.63) is 16.9 Å². The van der Waals surface area contributed by atoms with Crippen LogP contribution in [-0.4, -0.2) is 48.2 Å². The summed E-state index contributed by atoms with van der Waals surface area (Å²) in [6, 6.07) is 0.159. The Hall–Kier alpha value is -1.64. The average molecular weight is 408 g/mol. The molecule has 1 atom stereocenters. The number of nitrogens with one attached hydrogen (secondary N) is 2. The maximum absolute atomic E-state index is 12.6. The normalized spacial score (nSPS) is 22.7. The van der Waals surface area contributed by atoms with Gasteiger partial charge in [-0.15, -0.1) is 0 Å². The molecule has 0 aromatic carbocycles. The van der Waals surface area contributed by atoms with E-state index in [1.165, 1.54) is 0 Å². The fraction of sp³-hybridized carbons (Fsp3) is 0.529. The second kappa shape index (κ2) is 6.26. The van der Waals surface area contributed by atoms with Crippen molar-refractivity contribution in [1.82, 2.24) is 9.97 Å². The number of H-pyrrole nitrogens is 1. The van der Waals surface area contributed by atoms with Crippen LogP contribution in [0.3, 0.4) is 0 Å². The van der Waals surface area contributed by atoms with Crippen molar-refractivity contribution < 1.29 is 9.53 Å². The highest BCUT2D eigenvalue weighted by molar-refractivity contribution is 9.10. The fourth-order valence-corrected chi connectivity index (χ4v) is 4.04. The van der Waals surface area contributed by atoms with Crippen LogP contribution >= 0.6 is 15.9 Å². The predicted octanol–water partition coefficient (Wildman–Crippen LogP) is 2.23. The molecule has 134 valence electrons. The number of aromatic amines is 1. The van der Waals surface area contributed by atoms with Crippen molar-refractivity contribution in [3.8, 4) is 0 Å². The lowest BCUT2D eigenvalue weighted by Crippen LogP contribution is -2.49. The molecule has 0 bridgehead atoms. The van der Waals surface area contributed by atoms with Gasteiger partial charge in [-0.3, -0.25) is 4.79 Å². The number of ether oxygens (including phenoxy) is 1. The van der Waals surface area contributed by atoms with Crippen LogP contribution in [0.4, 0.5) is 11.4 Å². The first kappa shape index (κ1) is 16.8. The third-order valence-corrected chi connectivity index (χ3v) is 5.62. The maximum atomic E-state index is 12.6. The number of piperidine rings is 1. The summed E-state index contributed by atoms with van der Waals surface area (Å²) < 4.78 is 6.11. The first-order valence-electron chi connectivity index (χ1n) is 8.53. The molecule has 2 aromatic heterocycles. The summed E-state index contributed by atoms with van der Waals surface area (Å²) in [5, 5.41) is 3.97. The largest absolute Gasteiger partial charge is 0.379 e. The van der Waals surface area contributed by atoms with Gasteiger partial charge >= 0.3 is 0 Å². The highest BCUT2D eigenvalue weighted by Crippen LogP contribution is 2.39. The number of rotatable bonds is 3. The zero-order chi connectivity index (χ0) is 17.6. The number of pyridine rings is 1. The van der Waals surface area contributed by atoms with Gasteiger partial charge in [0.05, 0.1) is 39.9 Å². The highest BCUT2D eigenvalue weighted by atomic mass is 79.9. The van der Waals surface area contributed by atoms with E-state index in [1.54, 1.807) is 12.4 Å². The number of nitrogens with zero attached hydrogens (tertiary/aromatic N) is 2. The second-order valence-electron chi connectivity index (χ2n) is 7.24. The number of amides is 1. The van der Waals surface area contributed by atoms with Gasteiger partial charge in [-0.2, -0.15) is 0 Å². The number of carbonyl (C=O) groups excluding carboxylic acids is 1. The van der Waals surface area contributed by atoms with Gasteiger partial charge in [0.1, 0.15) is 5.65 Å². The van der Waals surface area contributed by atoms with Gasteiger partial charge in [0.25, 0.3) is 0 Å². The van der Waals surface area contributed by atoms with Crippen LogP contribution in [0.25, 0.3) is 11.0 Å². The fourth-order valence-electron chi connectivity index (χ4n) is 3.49. The van der Waals surface area contributed by atoms with Crippen molar-refractivity contribution in [1.29, 1.82) is 0 Å². The number of aromatic nitrogens is 2. The zero-order valence-corrected chi connectivity index (χ0v) is 15.7. The van der Waals surface area contributed by atoms with E-state index >= 15 is 0 Å². The topological polar surface area (TPSA) is 96.3 Å². The predicted molar refractivity (Wildman–Crippen MR) is 101 cm³/mol. The van der Waals surface area contributed by atoms with E-state index < -0.39 is 5.41 Å². The van der Waals surface area contributed by atoms with Gasteiger partial charge < -0.3 is 25.7 Å². The molecule has 2 aromatic rings. The van der Waals surface area contributed by atoms with Crippen molar-refractivity contribution in [2.45, 2.75) is 25.8 Å². The molecule has 2 aliphatic rings. The minimum atomic E-state index is -0.462. The molecule has 0 aliphatic carbocycles. The number of anilines is 2. The van der Waals surface area contributed by atoms with Gasteiger partial charge in [0.2, 0.25) is 5.91 Å². The summed E-state index contributed by atoms with van der Waals surface area (Å²) in [6.07, 6.45) is 5.69. The Kier molecular flexibility index (Phi) is 4.21. The van der Waals surface area contributed by atoms with Crippen LogP contribution in [0, 0.1) is 5.41 Å². The number of carbonyl (C=O) groups is 1. The number of fused-ring (bicyclic) bond motifs is 1. The molecule has 0 radical (unpaired) electrons. The molecule has 4 rings (SSSR count). The van der Waals surface area contributed by atoms with Crippen LogP contribution < -0.4 is 16.0 Å². The zero-order valence-electron chi connectivity index (χ0n) is 14.1. The Morgan fingerprint density at radius 2 is 2.36 bits per heavy atom. The molecule has 1 amide bonds. The molecule has 0 saturated carbocycles. The van der Waals surface area contributed by atoms with Crippen molar-refractivity contribution >= 4 is 44.2 Å². The smallest absolute Gasteiger partial charge is 0.235 e. The monoisotopic (exact) mass is 407 g/mol. The Morgan fingerprint density at radius 1 is 1.56 bits per heavy atom. The molecule has 0 unspecified atom stereocenters. The molecule has 4 N–H and O–H groups in total. The lowest BCUT2D eigenvalue weighted by molar-refractivity contribution is -0.151. The molecule has 2 aliphatic heterocycles. The van der Waals surface area contributed by atoms with E-state index in [9.17, 15) is 4.79 Å². The average Bonchev–Trinajstić information content (AvgIpc) is 2.95. The molecular formula is C17H22BrN5O2. The van der Waals surface area contributed by atoms with Crippen LogP contribution in [0.5, 0.6) is 0 Å². The van der Waals surface area contributed by atoms with Crippen LogP contribution in [0.15, 0.2) is 16.9 Å². The third kappa shape index (κ3) is 2.92. The van der Waals surface area contributed by atoms with Gasteiger partial charge in [-0.05, 0) is 35.7 Å². The van der Waals surface area contributed by atoms with Crippen molar-refractivity contribution in [3.63, 3.8) is 0 Å². The van der Waals surface area contributed by atoms with E-state index in [4.69, 9.17) is 10.5 Å². The summed E-state index contributed by atoms with van der Waals surface area (Å²) in [6.45, 7) is 4.56. The Bertz CT molecular complexity index is 817. The molecular weight excluding hydrogens is 386 g/mol. The van der Waals surface area contributed by atoms with Gasteiger partial charge in [0.15, 0.2) is 0 Å². The van der Waals surface area contributed by atoms with Gasteiger partial charge in [-0.1, -0.05) is 0 Å². The SMILES string of the molecule is CC1(C(=O)Nc2c[nH]c3ncc(Br)c(N4CCC[C@@H](N)C4)c23)COC1. The maximum Gasteiger partial charge on any atom is 0.235 e. The van der Waals surface area contributed by atoms with E-state index in [2.05, 4.69) is 36.1 Å². The number of hydrogen-bond acceptors (Lipinski definition) is 5. The summed E-state index contributed by atoms with van der Waals surface area (Å²) >= 11 is 3.63. The molecule has 4 heterocycles. The quantitative estimate of drug-likeness (QED) is 0.724. The van der Waals surface area contributed by atoms with E-state index in [1.807, 2.05) is 6.92 Å². The number of halogens is 1. The Labute approximate surface area is 154 Å². The summed E-state index contributed by atoms with van der Waals surface area (Å²) in [7, 11) is 0. The lowest BCUT2D eigenvalue weighted by Gasteiger charge is -2.36. The van der Waals surface area contributed by atoms with Crippen LogP contribution in [0.2, 0.25) is 0 Å². The highest BCUT2D eigenvalue weighted by Gasteiger charge is 2.41. The first-order chi connectivity index (χ1) is 12.0. The standard InChI is InChI=1S/C17H22BrN5O2/c1-17(8-25-9-17)16(24)22-12-6-21-15-13(12)14(11(18)5-20-15)23-4-2-3-10(19)7-23/h5-6,10H,2-4,7-9,19H2,1H3,(H,20,21)(H,22,24)/t10-/m1/s1. The molecule has 8 heteroatoms. The summed E-state index contributed by atoms with van der Waals surface area (Å²) in [5.41, 5.74) is 8.24. The summed E-state index contributed by atoms with van der Waals surface area (Å²) in [5.74, 6) is -0.0269. The van der Waals surface area contributed by atoms with Gasteiger partial charge in [-0.25, -0.2) is 4.98 Å². The molecule has 25 heavy (non-hydrogen) atoms. The lowest BCUT2D eigenvalue weighted by atomic mass is 9.87. The number of nitrogens with two attached hydrogens (primary N) is 1. The minimum Gasteiger partial charge on any atom is -0.379 e. The van der Waals surface area contributed by atoms with Crippen LogP contribution in [0.1, 0.15) is 19.8 Å². The molecule has 7 nitrogen and oxygen atoms in total. The summed E-state index contributed by atoms with van der Waals surface area (Å²) in [4.78, 5) is 22.5. The Balaban J connectivity index is 1.73. The Morgan fingerprint density at radius 3 is 3.04 bits per heavy atom. The molecule has 0 spiro atoms. The molecule has 2 saturated heterocycles. The van der Waals surface area contributed by atoms with Gasteiger partial charge in [0, 0.05) is 31.5 Å². The van der Waals surface area contributed by atoms with Crippen molar-refractivity contribution in [2.24, 2.45) is 11.1 Å². The third-order valence-electron chi connectivity index (χ3n) is 5.04. The minimum absolute atomic E-state index is 0.0269. The van der Waals surface area contributed by atoms with E-state index in [-0.39, 0.29) is 11.9 Å². The number of hydrogen-bond donors (Lipinski definition) is 3.